The van der Waals surface area contributed by atoms with E-state index in [9.17, 15) is 0 Å². The molecule has 0 aliphatic heterocycles. The Morgan fingerprint density at radius 2 is 2.05 bits per heavy atom. The van der Waals surface area contributed by atoms with E-state index < -0.39 is 0 Å². The first-order chi connectivity index (χ1) is 9.17. The van der Waals surface area contributed by atoms with E-state index in [0.29, 0.717) is 0 Å². The molecular weight excluding hydrogens is 256 g/mol. The average molecular weight is 276 g/mol. The van der Waals surface area contributed by atoms with Crippen LogP contribution in [0.15, 0.2) is 24.3 Å². The Kier molecular flexibility index (Phi) is 4.87. The van der Waals surface area contributed by atoms with E-state index in [1.54, 1.807) is 0 Å². The second-order valence-corrected chi connectivity index (χ2v) is 5.48. The zero-order chi connectivity index (χ0) is 13.7. The molecule has 0 bridgehead atoms. The molecule has 0 amide bonds. The normalized spacial score (nSPS) is 12.4. The van der Waals surface area contributed by atoms with Gasteiger partial charge < -0.3 is 11.1 Å². The summed E-state index contributed by atoms with van der Waals surface area (Å²) < 4.78 is 4.36. The van der Waals surface area contributed by atoms with E-state index in [1.165, 1.54) is 22.7 Å². The van der Waals surface area contributed by atoms with Crippen molar-refractivity contribution in [2.45, 2.75) is 32.7 Å². The smallest absolute Gasteiger partial charge is 0.202 e. The Bertz CT molecular complexity index is 506. The van der Waals surface area contributed by atoms with E-state index in [4.69, 9.17) is 5.73 Å². The highest BCUT2D eigenvalue weighted by Crippen LogP contribution is 2.14. The highest BCUT2D eigenvalue weighted by Gasteiger charge is 2.06. The first kappa shape index (κ1) is 14.0. The van der Waals surface area contributed by atoms with Gasteiger partial charge in [0.25, 0.3) is 0 Å². The van der Waals surface area contributed by atoms with Gasteiger partial charge in [0.1, 0.15) is 5.82 Å². The minimum Gasteiger partial charge on any atom is -0.359 e. The summed E-state index contributed by atoms with van der Waals surface area (Å²) >= 11 is 1.40. The van der Waals surface area contributed by atoms with Gasteiger partial charge in [-0.05, 0) is 18.9 Å². The summed E-state index contributed by atoms with van der Waals surface area (Å²) in [5, 5.41) is 4.08. The molecule has 3 N–H and O–H groups in total. The lowest BCUT2D eigenvalue weighted by Gasteiger charge is -2.07. The summed E-state index contributed by atoms with van der Waals surface area (Å²) in [5.74, 6) is 0.862. The molecule has 5 heteroatoms. The topological polar surface area (TPSA) is 63.8 Å². The zero-order valence-electron chi connectivity index (χ0n) is 11.4. The van der Waals surface area contributed by atoms with Gasteiger partial charge in [0.15, 0.2) is 0 Å². The molecule has 4 nitrogen and oxygen atoms in total. The van der Waals surface area contributed by atoms with Crippen LogP contribution in [-0.2, 0) is 6.42 Å². The first-order valence-corrected chi connectivity index (χ1v) is 7.32. The van der Waals surface area contributed by atoms with Crippen LogP contribution in [-0.4, -0.2) is 21.9 Å². The third-order valence-electron chi connectivity index (χ3n) is 2.99. The van der Waals surface area contributed by atoms with Gasteiger partial charge in [0, 0.05) is 30.5 Å². The number of aromatic nitrogens is 2. The fourth-order valence-corrected chi connectivity index (χ4v) is 2.24. The number of nitrogens with two attached hydrogens (primary N) is 1. The van der Waals surface area contributed by atoms with Crippen LogP contribution >= 0.6 is 11.5 Å². The summed E-state index contributed by atoms with van der Waals surface area (Å²) in [5.41, 5.74) is 8.36. The van der Waals surface area contributed by atoms with Crippen LogP contribution < -0.4 is 11.1 Å². The standard InChI is InChI=1S/C14H20N4S/c1-3-12(15)9-16-14-17-13(18-19-14)8-11-6-4-10(2)5-7-11/h4-7,12H,3,8-9,15H2,1-2H3,(H,16,17,18). The van der Waals surface area contributed by atoms with Crippen molar-refractivity contribution in [3.05, 3.63) is 41.2 Å². The van der Waals surface area contributed by atoms with Gasteiger partial charge in [-0.3, -0.25) is 0 Å². The number of hydrogen-bond acceptors (Lipinski definition) is 5. The number of rotatable bonds is 6. The van der Waals surface area contributed by atoms with Crippen LogP contribution in [0.25, 0.3) is 0 Å². The molecule has 0 aliphatic rings. The number of nitrogens with one attached hydrogen (secondary N) is 1. The SMILES string of the molecule is CCC(N)CNc1nc(Cc2ccc(C)cc2)ns1. The van der Waals surface area contributed by atoms with Gasteiger partial charge in [-0.2, -0.15) is 4.37 Å². The lowest BCUT2D eigenvalue weighted by molar-refractivity contribution is 0.679. The van der Waals surface area contributed by atoms with Gasteiger partial charge in [-0.15, -0.1) is 0 Å². The number of hydrogen-bond donors (Lipinski definition) is 2. The van der Waals surface area contributed by atoms with Gasteiger partial charge in [-0.25, -0.2) is 4.98 Å². The molecule has 0 saturated heterocycles. The molecular formula is C14H20N4S. The van der Waals surface area contributed by atoms with Gasteiger partial charge in [0.2, 0.25) is 5.13 Å². The predicted octanol–water partition coefficient (Wildman–Crippen LogP) is 2.59. The van der Waals surface area contributed by atoms with Crippen molar-refractivity contribution in [2.75, 3.05) is 11.9 Å². The Morgan fingerprint density at radius 3 is 2.74 bits per heavy atom. The highest BCUT2D eigenvalue weighted by molar-refractivity contribution is 7.09. The Balaban J connectivity index is 1.91. The molecule has 0 saturated carbocycles. The third-order valence-corrected chi connectivity index (χ3v) is 3.70. The Labute approximate surface area is 118 Å². The lowest BCUT2D eigenvalue weighted by atomic mass is 10.1. The lowest BCUT2D eigenvalue weighted by Crippen LogP contribution is -2.27. The van der Waals surface area contributed by atoms with E-state index in [1.807, 2.05) is 0 Å². The largest absolute Gasteiger partial charge is 0.359 e. The molecule has 0 aliphatic carbocycles. The quantitative estimate of drug-likeness (QED) is 0.851. The minimum absolute atomic E-state index is 0.171. The van der Waals surface area contributed by atoms with E-state index >= 15 is 0 Å². The van der Waals surface area contributed by atoms with Crippen LogP contribution in [0.1, 0.15) is 30.3 Å². The van der Waals surface area contributed by atoms with Crippen LogP contribution in [0, 0.1) is 6.92 Å². The van der Waals surface area contributed by atoms with Crippen molar-refractivity contribution in [1.82, 2.24) is 9.36 Å². The summed E-state index contributed by atoms with van der Waals surface area (Å²) in [6.07, 6.45) is 1.74. The van der Waals surface area contributed by atoms with Crippen molar-refractivity contribution in [2.24, 2.45) is 5.73 Å². The van der Waals surface area contributed by atoms with E-state index in [-0.39, 0.29) is 6.04 Å². The summed E-state index contributed by atoms with van der Waals surface area (Å²) in [6, 6.07) is 8.64. The fourth-order valence-electron chi connectivity index (χ4n) is 1.65. The fraction of sp³-hybridized carbons (Fsp3) is 0.429. The molecule has 0 radical (unpaired) electrons. The van der Waals surface area contributed by atoms with Crippen LogP contribution in [0.4, 0.5) is 5.13 Å². The van der Waals surface area contributed by atoms with Crippen LogP contribution in [0.3, 0.4) is 0 Å². The monoisotopic (exact) mass is 276 g/mol. The maximum absolute atomic E-state index is 5.86. The third kappa shape index (κ3) is 4.29. The Hall–Kier alpha value is -1.46. The maximum atomic E-state index is 5.86. The van der Waals surface area contributed by atoms with Gasteiger partial charge in [-0.1, -0.05) is 36.8 Å². The molecule has 2 aromatic rings. The molecule has 2 rings (SSSR count). The molecule has 1 aromatic heterocycles. The molecule has 1 unspecified atom stereocenters. The van der Waals surface area contributed by atoms with Crippen molar-refractivity contribution in [3.8, 4) is 0 Å². The van der Waals surface area contributed by atoms with E-state index in [0.717, 1.165) is 30.3 Å². The van der Waals surface area contributed by atoms with Gasteiger partial charge in [0.05, 0.1) is 0 Å². The van der Waals surface area contributed by atoms with Crippen molar-refractivity contribution >= 4 is 16.7 Å². The molecule has 0 spiro atoms. The summed E-state index contributed by atoms with van der Waals surface area (Å²) in [6.45, 7) is 4.91. The van der Waals surface area contributed by atoms with Crippen LogP contribution in [0.2, 0.25) is 0 Å². The van der Waals surface area contributed by atoms with Crippen LogP contribution in [0.5, 0.6) is 0 Å². The second kappa shape index (κ2) is 6.63. The first-order valence-electron chi connectivity index (χ1n) is 6.55. The molecule has 1 aromatic carbocycles. The molecule has 1 heterocycles. The number of benzene rings is 1. The summed E-state index contributed by atoms with van der Waals surface area (Å²) in [7, 11) is 0. The molecule has 0 fully saturated rings. The average Bonchev–Trinajstić information content (AvgIpc) is 2.86. The van der Waals surface area contributed by atoms with Crippen molar-refractivity contribution in [3.63, 3.8) is 0 Å². The Morgan fingerprint density at radius 1 is 1.32 bits per heavy atom. The summed E-state index contributed by atoms with van der Waals surface area (Å²) in [4.78, 5) is 4.47. The van der Waals surface area contributed by atoms with Gasteiger partial charge >= 0.3 is 0 Å². The van der Waals surface area contributed by atoms with Crippen molar-refractivity contribution in [1.29, 1.82) is 0 Å². The maximum Gasteiger partial charge on any atom is 0.202 e. The number of anilines is 1. The van der Waals surface area contributed by atoms with Crippen molar-refractivity contribution < 1.29 is 0 Å². The number of aryl methyl sites for hydroxylation is 1. The van der Waals surface area contributed by atoms with E-state index in [2.05, 4.69) is 52.8 Å². The molecule has 19 heavy (non-hydrogen) atoms. The predicted molar refractivity (Wildman–Crippen MR) is 80.7 cm³/mol. The zero-order valence-corrected chi connectivity index (χ0v) is 12.2. The second-order valence-electron chi connectivity index (χ2n) is 4.73. The molecule has 1 atom stereocenters. The number of nitrogens with zero attached hydrogens (tertiary/aromatic N) is 2. The minimum atomic E-state index is 0.171. The molecule has 102 valence electrons. The highest BCUT2D eigenvalue weighted by atomic mass is 32.1.